The van der Waals surface area contributed by atoms with Crippen LogP contribution in [0.5, 0.6) is 0 Å². The van der Waals surface area contributed by atoms with Gasteiger partial charge in [-0.25, -0.2) is 0 Å². The summed E-state index contributed by atoms with van der Waals surface area (Å²) in [5, 5.41) is 0. The fourth-order valence-electron chi connectivity index (χ4n) is 6.52. The van der Waals surface area contributed by atoms with Crippen LogP contribution < -0.4 is 0 Å². The maximum absolute atomic E-state index is 12.7. The predicted molar refractivity (Wildman–Crippen MR) is 238 cm³/mol. The molecule has 0 bridgehead atoms. The van der Waals surface area contributed by atoms with Gasteiger partial charge in [0.2, 0.25) is 0 Å². The Kier molecular flexibility index (Phi) is 43.0. The number of hydrogen-bond donors (Lipinski definition) is 0. The summed E-state index contributed by atoms with van der Waals surface area (Å²) >= 11 is 0. The van der Waals surface area contributed by atoms with Crippen LogP contribution in [0.4, 0.5) is 0 Å². The smallest absolute Gasteiger partial charge is 0.306 e. The molecule has 0 fully saturated rings. The van der Waals surface area contributed by atoms with Crippen LogP contribution in [0.3, 0.4) is 0 Å². The second-order valence-corrected chi connectivity index (χ2v) is 15.7. The Hall–Kier alpha value is -2.63. The first-order valence-corrected chi connectivity index (χ1v) is 23.7. The lowest BCUT2D eigenvalue weighted by atomic mass is 10.0. The molecule has 56 heavy (non-hydrogen) atoms. The van der Waals surface area contributed by atoms with E-state index < -0.39 is 6.10 Å². The van der Waals surface area contributed by atoms with Crippen molar-refractivity contribution < 1.29 is 28.6 Å². The molecule has 0 heterocycles. The molecule has 324 valence electrons. The lowest BCUT2D eigenvalue weighted by Crippen LogP contribution is -2.30. The minimum absolute atomic E-state index is 0.0843. The van der Waals surface area contributed by atoms with E-state index in [2.05, 4.69) is 69.4 Å². The van der Waals surface area contributed by atoms with Crippen molar-refractivity contribution in [3.8, 4) is 0 Å². The van der Waals surface area contributed by atoms with Crippen LogP contribution in [0.2, 0.25) is 0 Å². The molecule has 1 unspecified atom stereocenters. The third-order valence-electron chi connectivity index (χ3n) is 10.1. The number of unbranched alkanes of at least 4 members (excludes halogenated alkanes) is 24. The fraction of sp³-hybridized carbons (Fsp3) is 0.780. The molecule has 0 aromatic rings. The molecule has 0 aliphatic carbocycles. The van der Waals surface area contributed by atoms with E-state index in [0.29, 0.717) is 19.3 Å². The highest BCUT2D eigenvalue weighted by Crippen LogP contribution is 2.15. The largest absolute Gasteiger partial charge is 0.462 e. The zero-order valence-corrected chi connectivity index (χ0v) is 36.9. The lowest BCUT2D eigenvalue weighted by Gasteiger charge is -2.18. The summed E-state index contributed by atoms with van der Waals surface area (Å²) in [7, 11) is 0. The van der Waals surface area contributed by atoms with Crippen molar-refractivity contribution in [2.75, 3.05) is 13.2 Å². The van der Waals surface area contributed by atoms with Crippen LogP contribution in [-0.4, -0.2) is 37.2 Å². The first-order chi connectivity index (χ1) is 27.5. The summed E-state index contributed by atoms with van der Waals surface area (Å²) in [6.45, 7) is 6.45. The minimum atomic E-state index is -0.782. The van der Waals surface area contributed by atoms with Gasteiger partial charge in [0.05, 0.1) is 0 Å². The average molecular weight is 785 g/mol. The Labute approximate surface area is 346 Å². The Bertz CT molecular complexity index is 996. The second-order valence-electron chi connectivity index (χ2n) is 15.7. The Balaban J connectivity index is 4.40. The highest BCUT2D eigenvalue weighted by Gasteiger charge is 2.19. The zero-order chi connectivity index (χ0) is 40.8. The molecule has 0 saturated heterocycles. The quantitative estimate of drug-likeness (QED) is 0.0202. The number of rotatable bonds is 42. The summed E-state index contributed by atoms with van der Waals surface area (Å²) in [6.07, 6.45) is 52.3. The average Bonchev–Trinajstić information content (AvgIpc) is 3.19. The Morgan fingerprint density at radius 3 is 1.25 bits per heavy atom. The van der Waals surface area contributed by atoms with Crippen molar-refractivity contribution >= 4 is 17.9 Å². The van der Waals surface area contributed by atoms with Crippen LogP contribution in [0.25, 0.3) is 0 Å². The summed E-state index contributed by atoms with van der Waals surface area (Å²) in [5.41, 5.74) is 0. The molecule has 1 atom stereocenters. The third kappa shape index (κ3) is 42.5. The SMILES string of the molecule is CC/C=C\C/C=C\CCCCCCCCCC(=O)OCC(COC(=O)CCCCC/C=C\C=C/CCCC)OC(=O)CCCCCCCCCCCCCCC. The Morgan fingerprint density at radius 2 is 0.768 bits per heavy atom. The van der Waals surface area contributed by atoms with Crippen molar-refractivity contribution in [2.24, 2.45) is 0 Å². The Morgan fingerprint density at radius 1 is 0.393 bits per heavy atom. The lowest BCUT2D eigenvalue weighted by molar-refractivity contribution is -0.167. The van der Waals surface area contributed by atoms with Gasteiger partial charge in [-0.1, -0.05) is 198 Å². The van der Waals surface area contributed by atoms with Crippen molar-refractivity contribution in [3.63, 3.8) is 0 Å². The molecule has 0 amide bonds. The number of carbonyl (C=O) groups excluding carboxylic acids is 3. The van der Waals surface area contributed by atoms with Crippen LogP contribution >= 0.6 is 0 Å². The minimum Gasteiger partial charge on any atom is -0.462 e. The van der Waals surface area contributed by atoms with Gasteiger partial charge in [-0.05, 0) is 64.2 Å². The molecular weight excluding hydrogens is 697 g/mol. The van der Waals surface area contributed by atoms with Crippen LogP contribution in [0, 0.1) is 0 Å². The monoisotopic (exact) mass is 785 g/mol. The van der Waals surface area contributed by atoms with Gasteiger partial charge in [-0.15, -0.1) is 0 Å². The summed E-state index contributed by atoms with van der Waals surface area (Å²) in [5.74, 6) is -0.918. The van der Waals surface area contributed by atoms with Crippen molar-refractivity contribution in [3.05, 3.63) is 48.6 Å². The van der Waals surface area contributed by atoms with Gasteiger partial charge in [-0.2, -0.15) is 0 Å². The van der Waals surface area contributed by atoms with Crippen LogP contribution in [0.15, 0.2) is 48.6 Å². The van der Waals surface area contributed by atoms with Crippen LogP contribution in [0.1, 0.15) is 233 Å². The molecule has 0 radical (unpaired) electrons. The summed E-state index contributed by atoms with van der Waals surface area (Å²) < 4.78 is 16.7. The highest BCUT2D eigenvalue weighted by molar-refractivity contribution is 5.71. The van der Waals surface area contributed by atoms with E-state index >= 15 is 0 Å². The number of hydrogen-bond acceptors (Lipinski definition) is 6. The molecule has 0 spiro atoms. The van der Waals surface area contributed by atoms with E-state index in [1.807, 2.05) is 0 Å². The van der Waals surface area contributed by atoms with Gasteiger partial charge in [0.1, 0.15) is 13.2 Å². The number of ether oxygens (including phenoxy) is 3. The van der Waals surface area contributed by atoms with Gasteiger partial charge < -0.3 is 14.2 Å². The molecule has 0 aromatic carbocycles. The second kappa shape index (κ2) is 45.1. The van der Waals surface area contributed by atoms with Crippen molar-refractivity contribution in [1.82, 2.24) is 0 Å². The van der Waals surface area contributed by atoms with Gasteiger partial charge in [0.25, 0.3) is 0 Å². The van der Waals surface area contributed by atoms with Gasteiger partial charge in [0, 0.05) is 19.3 Å². The maximum Gasteiger partial charge on any atom is 0.306 e. The normalized spacial score (nSPS) is 12.4. The van der Waals surface area contributed by atoms with E-state index in [1.165, 1.54) is 103 Å². The molecule has 0 aromatic heterocycles. The van der Waals surface area contributed by atoms with Gasteiger partial charge in [-0.3, -0.25) is 14.4 Å². The number of allylic oxidation sites excluding steroid dienone is 8. The molecule has 0 aliphatic heterocycles. The van der Waals surface area contributed by atoms with E-state index in [1.54, 1.807) is 0 Å². The maximum atomic E-state index is 12.7. The summed E-state index contributed by atoms with van der Waals surface area (Å²) in [4.78, 5) is 37.8. The molecule has 6 nitrogen and oxygen atoms in total. The van der Waals surface area contributed by atoms with Crippen LogP contribution in [-0.2, 0) is 28.6 Å². The topological polar surface area (TPSA) is 78.9 Å². The third-order valence-corrected chi connectivity index (χ3v) is 10.1. The molecular formula is C50H88O6. The fourth-order valence-corrected chi connectivity index (χ4v) is 6.52. The number of esters is 3. The molecule has 6 heteroatoms. The summed E-state index contributed by atoms with van der Waals surface area (Å²) in [6, 6.07) is 0. The van der Waals surface area contributed by atoms with Gasteiger partial charge >= 0.3 is 17.9 Å². The molecule has 0 rings (SSSR count). The van der Waals surface area contributed by atoms with E-state index in [-0.39, 0.29) is 31.1 Å². The standard InChI is InChI=1S/C50H88O6/c1-4-7-10-13-16-19-22-24-26-28-31-34-37-40-43-49(52)55-46-47(45-54-48(51)42-39-36-33-30-27-21-18-15-12-9-6-3)56-50(53)44-41-38-35-32-29-25-23-20-17-14-11-8-5-2/h7,10,15-16,18-19,21,27,47H,4-6,8-9,11-14,17,20,22-26,28-46H2,1-3H3/b10-7-,18-15-,19-16-,27-21-. The highest BCUT2D eigenvalue weighted by atomic mass is 16.6. The molecule has 0 aliphatic rings. The predicted octanol–water partition coefficient (Wildman–Crippen LogP) is 15.1. The molecule has 0 N–H and O–H groups in total. The van der Waals surface area contributed by atoms with E-state index in [4.69, 9.17) is 14.2 Å². The molecule has 0 saturated carbocycles. The number of carbonyl (C=O) groups is 3. The van der Waals surface area contributed by atoms with Crippen molar-refractivity contribution in [1.29, 1.82) is 0 Å². The zero-order valence-electron chi connectivity index (χ0n) is 36.9. The van der Waals surface area contributed by atoms with Crippen molar-refractivity contribution in [2.45, 2.75) is 239 Å². The van der Waals surface area contributed by atoms with E-state index in [9.17, 15) is 14.4 Å². The van der Waals surface area contributed by atoms with E-state index in [0.717, 1.165) is 89.9 Å². The van der Waals surface area contributed by atoms with Gasteiger partial charge in [0.15, 0.2) is 6.10 Å². The first kappa shape index (κ1) is 53.4. The first-order valence-electron chi connectivity index (χ1n) is 23.7.